The molecule has 3 nitrogen and oxygen atoms in total. The summed E-state index contributed by atoms with van der Waals surface area (Å²) in [7, 11) is 0. The number of benzene rings is 1. The van der Waals surface area contributed by atoms with Crippen molar-refractivity contribution in [3.8, 4) is 5.75 Å². The summed E-state index contributed by atoms with van der Waals surface area (Å²) in [6.45, 7) is 7.67. The third-order valence-corrected chi connectivity index (χ3v) is 2.36. The van der Waals surface area contributed by atoms with Crippen molar-refractivity contribution >= 4 is 17.6 Å². The summed E-state index contributed by atoms with van der Waals surface area (Å²) in [5, 5.41) is 0.507. The van der Waals surface area contributed by atoms with Crippen molar-refractivity contribution in [1.29, 1.82) is 0 Å². The van der Waals surface area contributed by atoms with Crippen LogP contribution in [0, 0.1) is 6.92 Å². The van der Waals surface area contributed by atoms with E-state index in [1.54, 1.807) is 19.1 Å². The Morgan fingerprint density at radius 1 is 1.47 bits per heavy atom. The summed E-state index contributed by atoms with van der Waals surface area (Å²) in [5.74, 6) is 0.0911. The predicted molar refractivity (Wildman–Crippen MR) is 67.5 cm³/mol. The molecule has 92 valence electrons. The van der Waals surface area contributed by atoms with Crippen molar-refractivity contribution < 1.29 is 14.3 Å². The Morgan fingerprint density at radius 3 is 2.82 bits per heavy atom. The van der Waals surface area contributed by atoms with Crippen LogP contribution in [0.15, 0.2) is 30.4 Å². The molecule has 0 heterocycles. The Balaban J connectivity index is 2.58. The minimum absolute atomic E-state index is 0.0714. The first-order valence-corrected chi connectivity index (χ1v) is 5.66. The normalized spacial score (nSPS) is 9.82. The number of esters is 1. The zero-order valence-corrected chi connectivity index (χ0v) is 10.7. The second-order valence-electron chi connectivity index (χ2n) is 3.55. The molecule has 1 aromatic carbocycles. The number of hydrogen-bond acceptors (Lipinski definition) is 3. The monoisotopic (exact) mass is 254 g/mol. The number of hydrogen-bond donors (Lipinski definition) is 0. The molecule has 0 atom stereocenters. The van der Waals surface area contributed by atoms with Crippen LogP contribution in [-0.2, 0) is 9.53 Å². The van der Waals surface area contributed by atoms with E-state index in [0.717, 1.165) is 5.56 Å². The maximum Gasteiger partial charge on any atom is 0.336 e. The molecule has 1 aromatic rings. The van der Waals surface area contributed by atoms with Crippen LogP contribution in [0.25, 0.3) is 0 Å². The summed E-state index contributed by atoms with van der Waals surface area (Å²) in [5.41, 5.74) is 1.30. The molecular formula is C13H15ClO3. The molecule has 0 amide bonds. The molecule has 0 saturated heterocycles. The minimum Gasteiger partial charge on any atom is -0.487 e. The highest BCUT2D eigenvalue weighted by Gasteiger charge is 2.09. The molecule has 4 heteroatoms. The van der Waals surface area contributed by atoms with Crippen molar-refractivity contribution in [2.24, 2.45) is 0 Å². The molecule has 0 N–H and O–H groups in total. The average molecular weight is 255 g/mol. The Bertz CT molecular complexity index is 427. The number of ether oxygens (including phenoxy) is 2. The van der Waals surface area contributed by atoms with Gasteiger partial charge in [0.25, 0.3) is 0 Å². The molecule has 0 unspecified atom stereocenters. The number of halogens is 1. The lowest BCUT2D eigenvalue weighted by Crippen LogP contribution is -2.13. The molecule has 0 aromatic heterocycles. The first-order chi connectivity index (χ1) is 8.04. The smallest absolute Gasteiger partial charge is 0.336 e. The highest BCUT2D eigenvalue weighted by atomic mass is 35.5. The van der Waals surface area contributed by atoms with Gasteiger partial charge >= 0.3 is 5.97 Å². The first-order valence-electron chi connectivity index (χ1n) is 5.28. The van der Waals surface area contributed by atoms with Gasteiger partial charge in [-0.05, 0) is 31.5 Å². The lowest BCUT2D eigenvalue weighted by molar-refractivity contribution is -0.138. The van der Waals surface area contributed by atoms with E-state index in [4.69, 9.17) is 21.1 Å². The van der Waals surface area contributed by atoms with Gasteiger partial charge < -0.3 is 9.47 Å². The van der Waals surface area contributed by atoms with E-state index in [1.807, 2.05) is 13.0 Å². The van der Waals surface area contributed by atoms with E-state index in [0.29, 0.717) is 17.4 Å². The van der Waals surface area contributed by atoms with Crippen LogP contribution in [0.3, 0.4) is 0 Å². The molecule has 0 saturated carbocycles. The van der Waals surface area contributed by atoms with Crippen molar-refractivity contribution in [3.05, 3.63) is 40.9 Å². The zero-order valence-electron chi connectivity index (χ0n) is 9.96. The Labute approximate surface area is 106 Å². The molecular weight excluding hydrogens is 240 g/mol. The molecule has 0 spiro atoms. The van der Waals surface area contributed by atoms with E-state index in [2.05, 4.69) is 6.58 Å². The SMILES string of the molecule is C=C(COc1cc(C)ccc1Cl)C(=O)OCC. The van der Waals surface area contributed by atoms with Crippen molar-refractivity contribution in [2.75, 3.05) is 13.2 Å². The Morgan fingerprint density at radius 2 is 2.18 bits per heavy atom. The van der Waals surface area contributed by atoms with Gasteiger partial charge in [0.2, 0.25) is 0 Å². The molecule has 0 bridgehead atoms. The van der Waals surface area contributed by atoms with Gasteiger partial charge in [-0.3, -0.25) is 0 Å². The van der Waals surface area contributed by atoms with E-state index >= 15 is 0 Å². The quantitative estimate of drug-likeness (QED) is 0.598. The molecule has 0 aliphatic carbocycles. The van der Waals surface area contributed by atoms with E-state index < -0.39 is 5.97 Å². The third kappa shape index (κ3) is 4.11. The Kier molecular flexibility index (Phi) is 5.04. The highest BCUT2D eigenvalue weighted by Crippen LogP contribution is 2.25. The van der Waals surface area contributed by atoms with E-state index in [-0.39, 0.29) is 12.2 Å². The first kappa shape index (κ1) is 13.6. The van der Waals surface area contributed by atoms with Crippen molar-refractivity contribution in [3.63, 3.8) is 0 Å². The zero-order chi connectivity index (χ0) is 12.8. The van der Waals surface area contributed by atoms with E-state index in [9.17, 15) is 4.79 Å². The maximum atomic E-state index is 11.3. The third-order valence-electron chi connectivity index (χ3n) is 2.05. The summed E-state index contributed by atoms with van der Waals surface area (Å²) < 4.78 is 10.2. The fourth-order valence-electron chi connectivity index (χ4n) is 1.18. The number of rotatable bonds is 5. The van der Waals surface area contributed by atoms with Crippen LogP contribution >= 0.6 is 11.6 Å². The number of carbonyl (C=O) groups excluding carboxylic acids is 1. The van der Waals surface area contributed by atoms with Gasteiger partial charge in [0.15, 0.2) is 0 Å². The second kappa shape index (κ2) is 6.30. The fourth-order valence-corrected chi connectivity index (χ4v) is 1.35. The Hall–Kier alpha value is -1.48. The molecule has 0 aliphatic rings. The van der Waals surface area contributed by atoms with Gasteiger partial charge in [0, 0.05) is 0 Å². The van der Waals surface area contributed by atoms with Crippen LogP contribution in [0.4, 0.5) is 0 Å². The average Bonchev–Trinajstić information content (AvgIpc) is 2.30. The largest absolute Gasteiger partial charge is 0.487 e. The molecule has 0 aliphatic heterocycles. The van der Waals surface area contributed by atoms with Crippen LogP contribution in [0.2, 0.25) is 5.02 Å². The molecule has 17 heavy (non-hydrogen) atoms. The van der Waals surface area contributed by atoms with Gasteiger partial charge in [-0.15, -0.1) is 0 Å². The topological polar surface area (TPSA) is 35.5 Å². The minimum atomic E-state index is -0.448. The second-order valence-corrected chi connectivity index (χ2v) is 3.95. The fraction of sp³-hybridized carbons (Fsp3) is 0.308. The van der Waals surface area contributed by atoms with Crippen LogP contribution in [0.5, 0.6) is 5.75 Å². The molecule has 0 fully saturated rings. The molecule has 1 rings (SSSR count). The predicted octanol–water partition coefficient (Wildman–Crippen LogP) is 3.15. The number of carbonyl (C=O) groups is 1. The van der Waals surface area contributed by atoms with Gasteiger partial charge in [-0.2, -0.15) is 0 Å². The van der Waals surface area contributed by atoms with Crippen LogP contribution in [0.1, 0.15) is 12.5 Å². The van der Waals surface area contributed by atoms with Gasteiger partial charge in [-0.1, -0.05) is 24.2 Å². The van der Waals surface area contributed by atoms with Crippen molar-refractivity contribution in [2.45, 2.75) is 13.8 Å². The molecule has 0 radical (unpaired) electrons. The van der Waals surface area contributed by atoms with Crippen LogP contribution in [-0.4, -0.2) is 19.2 Å². The summed E-state index contributed by atoms with van der Waals surface area (Å²) in [6.07, 6.45) is 0. The lowest BCUT2D eigenvalue weighted by atomic mass is 10.2. The van der Waals surface area contributed by atoms with Crippen LogP contribution < -0.4 is 4.74 Å². The van der Waals surface area contributed by atoms with Gasteiger partial charge in [-0.25, -0.2) is 4.79 Å². The standard InChI is InChI=1S/C13H15ClO3/c1-4-16-13(15)10(3)8-17-12-7-9(2)5-6-11(12)14/h5-7H,3-4,8H2,1-2H3. The summed E-state index contributed by atoms with van der Waals surface area (Å²) >= 11 is 5.95. The van der Waals surface area contributed by atoms with Gasteiger partial charge in [0.1, 0.15) is 12.4 Å². The summed E-state index contributed by atoms with van der Waals surface area (Å²) in [6, 6.07) is 5.44. The van der Waals surface area contributed by atoms with E-state index in [1.165, 1.54) is 0 Å². The maximum absolute atomic E-state index is 11.3. The van der Waals surface area contributed by atoms with Gasteiger partial charge in [0.05, 0.1) is 17.2 Å². The summed E-state index contributed by atoms with van der Waals surface area (Å²) in [4.78, 5) is 11.3. The van der Waals surface area contributed by atoms with Crippen molar-refractivity contribution in [1.82, 2.24) is 0 Å². The lowest BCUT2D eigenvalue weighted by Gasteiger charge is -2.10. The number of aryl methyl sites for hydroxylation is 1. The highest BCUT2D eigenvalue weighted by molar-refractivity contribution is 6.32.